The van der Waals surface area contributed by atoms with Crippen molar-refractivity contribution in [3.8, 4) is 5.00 Å². The van der Waals surface area contributed by atoms with E-state index in [1.54, 1.807) is 11.3 Å². The Bertz CT molecular complexity index is 1410. The molecule has 0 radical (unpaired) electrons. The minimum absolute atomic E-state index is 0.425. The molecule has 3 aromatic heterocycles. The number of thiophene rings is 1. The number of ether oxygens (including phenoxy) is 1. The molecule has 1 aliphatic heterocycles. The van der Waals surface area contributed by atoms with Gasteiger partial charge in [-0.15, -0.1) is 21.5 Å². The average molecular weight is 476 g/mol. The topological polar surface area (TPSA) is 94.5 Å². The Morgan fingerprint density at radius 3 is 2.56 bits per heavy atom. The van der Waals surface area contributed by atoms with Gasteiger partial charge in [0.2, 0.25) is 5.82 Å². The maximum absolute atomic E-state index is 11.9. The van der Waals surface area contributed by atoms with Crippen molar-refractivity contribution in [3.63, 3.8) is 0 Å². The van der Waals surface area contributed by atoms with Gasteiger partial charge in [-0.3, -0.25) is 9.36 Å². The minimum Gasteiger partial charge on any atom is -0.465 e. The van der Waals surface area contributed by atoms with Crippen LogP contribution in [0.1, 0.15) is 57.9 Å². The van der Waals surface area contributed by atoms with Gasteiger partial charge < -0.3 is 14.5 Å². The molecule has 0 saturated heterocycles. The van der Waals surface area contributed by atoms with Gasteiger partial charge in [0.1, 0.15) is 22.3 Å². The van der Waals surface area contributed by atoms with Gasteiger partial charge in [0.25, 0.3) is 6.23 Å². The van der Waals surface area contributed by atoms with E-state index in [0.29, 0.717) is 12.4 Å². The molecule has 8 nitrogen and oxygen atoms in total. The fourth-order valence-electron chi connectivity index (χ4n) is 4.04. The standard InChI is InChI=1S/C25H25N5O3S/c1-13-6-11-20(32-13)12-26-19-9-7-18(8-10-19)22-21-14(2)15(3)34-25(21)30-16(4)28-29-23(30)24(27-22)33-17(5)31/h6-11,24,26H,12H2,1-5H3/t24-/m0/s1. The van der Waals surface area contributed by atoms with Crippen LogP contribution in [-0.4, -0.2) is 26.4 Å². The highest BCUT2D eigenvalue weighted by Crippen LogP contribution is 2.39. The number of nitrogens with zero attached hydrogens (tertiary/aromatic N) is 4. The zero-order chi connectivity index (χ0) is 24.0. The molecule has 1 atom stereocenters. The number of aryl methyl sites for hydroxylation is 3. The Morgan fingerprint density at radius 1 is 1.12 bits per heavy atom. The van der Waals surface area contributed by atoms with E-state index in [-0.39, 0.29) is 0 Å². The third-order valence-electron chi connectivity index (χ3n) is 5.82. The second kappa shape index (κ2) is 8.57. The van der Waals surface area contributed by atoms with Gasteiger partial charge in [0.05, 0.1) is 12.3 Å². The first-order valence-electron chi connectivity index (χ1n) is 11.0. The fourth-order valence-corrected chi connectivity index (χ4v) is 5.26. The van der Waals surface area contributed by atoms with Crippen molar-refractivity contribution in [1.82, 2.24) is 14.8 Å². The van der Waals surface area contributed by atoms with E-state index in [4.69, 9.17) is 14.1 Å². The Hall–Kier alpha value is -3.72. The molecule has 1 aromatic carbocycles. The van der Waals surface area contributed by atoms with Crippen LogP contribution in [0.15, 0.2) is 45.8 Å². The Labute approximate surface area is 201 Å². The first kappa shape index (κ1) is 22.1. The first-order chi connectivity index (χ1) is 16.3. The van der Waals surface area contributed by atoms with Gasteiger partial charge in [-0.05, 0) is 57.5 Å². The SMILES string of the molecule is CC(=O)O[C@@H]1N=C(c2ccc(NCc3ccc(C)o3)cc2)c2c(sc(C)c2C)-n2c(C)nnc21. The number of anilines is 1. The molecule has 0 unspecified atom stereocenters. The van der Waals surface area contributed by atoms with E-state index in [1.165, 1.54) is 11.8 Å². The quantitative estimate of drug-likeness (QED) is 0.400. The monoisotopic (exact) mass is 475 g/mol. The van der Waals surface area contributed by atoms with E-state index in [2.05, 4.69) is 29.4 Å². The average Bonchev–Trinajstić information content (AvgIpc) is 3.45. The molecule has 5 rings (SSSR count). The van der Waals surface area contributed by atoms with Gasteiger partial charge in [0.15, 0.2) is 0 Å². The molecule has 1 aliphatic rings. The number of carbonyl (C=O) groups excluding carboxylic acids is 1. The lowest BCUT2D eigenvalue weighted by Crippen LogP contribution is -2.12. The summed E-state index contributed by atoms with van der Waals surface area (Å²) >= 11 is 1.66. The lowest BCUT2D eigenvalue weighted by Gasteiger charge is -2.13. The van der Waals surface area contributed by atoms with Gasteiger partial charge >= 0.3 is 5.97 Å². The largest absolute Gasteiger partial charge is 0.465 e. The number of carbonyl (C=O) groups is 1. The van der Waals surface area contributed by atoms with Crippen LogP contribution in [0.4, 0.5) is 5.69 Å². The van der Waals surface area contributed by atoms with E-state index in [9.17, 15) is 4.79 Å². The predicted octanol–water partition coefficient (Wildman–Crippen LogP) is 5.18. The number of rotatable bonds is 5. The summed E-state index contributed by atoms with van der Waals surface area (Å²) in [6.07, 6.45) is -0.881. The van der Waals surface area contributed by atoms with Gasteiger partial charge in [-0.2, -0.15) is 0 Å². The Balaban J connectivity index is 1.55. The molecule has 0 aliphatic carbocycles. The number of fused-ring (bicyclic) bond motifs is 3. The summed E-state index contributed by atoms with van der Waals surface area (Å²) < 4.78 is 13.2. The zero-order valence-corrected chi connectivity index (χ0v) is 20.5. The molecular formula is C25H25N5O3S. The molecule has 9 heteroatoms. The lowest BCUT2D eigenvalue weighted by molar-refractivity contribution is -0.146. The number of furan rings is 1. The van der Waals surface area contributed by atoms with Crippen LogP contribution in [0.5, 0.6) is 0 Å². The first-order valence-corrected chi connectivity index (χ1v) is 11.8. The number of benzene rings is 1. The number of nitrogens with one attached hydrogen (secondary N) is 1. The van der Waals surface area contributed by atoms with Crippen molar-refractivity contribution in [2.75, 3.05) is 5.32 Å². The molecule has 0 bridgehead atoms. The molecular weight excluding hydrogens is 450 g/mol. The van der Waals surface area contributed by atoms with Gasteiger partial charge in [-0.25, -0.2) is 4.99 Å². The van der Waals surface area contributed by atoms with Crippen molar-refractivity contribution >= 4 is 28.7 Å². The molecule has 4 heterocycles. The van der Waals surface area contributed by atoms with Gasteiger partial charge in [-0.1, -0.05) is 12.1 Å². The Kier molecular flexibility index (Phi) is 5.57. The number of esters is 1. The third-order valence-corrected chi connectivity index (χ3v) is 7.01. The highest BCUT2D eigenvalue weighted by Gasteiger charge is 2.32. The van der Waals surface area contributed by atoms with Crippen molar-refractivity contribution < 1.29 is 13.9 Å². The van der Waals surface area contributed by atoms with Crippen LogP contribution < -0.4 is 5.32 Å². The molecule has 174 valence electrons. The molecule has 0 fully saturated rings. The van der Waals surface area contributed by atoms with E-state index < -0.39 is 12.2 Å². The van der Waals surface area contributed by atoms with Gasteiger partial charge in [0, 0.05) is 28.6 Å². The van der Waals surface area contributed by atoms with Crippen LogP contribution in [0, 0.1) is 27.7 Å². The highest BCUT2D eigenvalue weighted by molar-refractivity contribution is 7.15. The van der Waals surface area contributed by atoms with Crippen LogP contribution in [0.3, 0.4) is 0 Å². The number of aliphatic imine (C=N–C) groups is 1. The maximum atomic E-state index is 11.9. The highest BCUT2D eigenvalue weighted by atomic mass is 32.1. The summed E-state index contributed by atoms with van der Waals surface area (Å²) in [6.45, 7) is 9.98. The summed E-state index contributed by atoms with van der Waals surface area (Å²) in [5, 5.41) is 12.9. The molecule has 4 aromatic rings. The summed E-state index contributed by atoms with van der Waals surface area (Å²) in [5.41, 5.74) is 4.80. The molecule has 34 heavy (non-hydrogen) atoms. The van der Waals surface area contributed by atoms with Crippen LogP contribution >= 0.6 is 11.3 Å². The van der Waals surface area contributed by atoms with E-state index in [0.717, 1.165) is 50.4 Å². The summed E-state index contributed by atoms with van der Waals surface area (Å²) in [5.74, 6) is 2.57. The summed E-state index contributed by atoms with van der Waals surface area (Å²) in [7, 11) is 0. The second-order valence-electron chi connectivity index (χ2n) is 8.29. The van der Waals surface area contributed by atoms with Crippen LogP contribution in [-0.2, 0) is 16.1 Å². The molecule has 1 N–H and O–H groups in total. The van der Waals surface area contributed by atoms with Crippen molar-refractivity contribution in [1.29, 1.82) is 0 Å². The molecule has 0 saturated carbocycles. The van der Waals surface area contributed by atoms with Crippen LogP contribution in [0.25, 0.3) is 5.00 Å². The van der Waals surface area contributed by atoms with Crippen molar-refractivity contribution in [3.05, 3.63) is 81.1 Å². The predicted molar refractivity (Wildman–Crippen MR) is 131 cm³/mol. The lowest BCUT2D eigenvalue weighted by atomic mass is 9.99. The number of aromatic nitrogens is 3. The smallest absolute Gasteiger partial charge is 0.304 e. The fraction of sp³-hybridized carbons (Fsp3) is 0.280. The summed E-state index contributed by atoms with van der Waals surface area (Å²) in [6, 6.07) is 12.0. The normalized spacial score (nSPS) is 14.7. The van der Waals surface area contributed by atoms with E-state index >= 15 is 0 Å². The Morgan fingerprint density at radius 2 is 1.88 bits per heavy atom. The summed E-state index contributed by atoms with van der Waals surface area (Å²) in [4.78, 5) is 18.0. The van der Waals surface area contributed by atoms with Crippen molar-refractivity contribution in [2.45, 2.75) is 47.4 Å². The third kappa shape index (κ3) is 3.92. The number of hydrogen-bond acceptors (Lipinski definition) is 8. The van der Waals surface area contributed by atoms with E-state index in [1.807, 2.05) is 54.8 Å². The second-order valence-corrected chi connectivity index (χ2v) is 9.49. The van der Waals surface area contributed by atoms with Crippen molar-refractivity contribution in [2.24, 2.45) is 4.99 Å². The maximum Gasteiger partial charge on any atom is 0.304 e. The molecule has 0 amide bonds. The van der Waals surface area contributed by atoms with Crippen LogP contribution in [0.2, 0.25) is 0 Å². The number of hydrogen-bond donors (Lipinski definition) is 1. The zero-order valence-electron chi connectivity index (χ0n) is 19.7. The molecule has 0 spiro atoms. The minimum atomic E-state index is -0.881.